The lowest BCUT2D eigenvalue weighted by Gasteiger charge is -2.14. The van der Waals surface area contributed by atoms with E-state index in [1.54, 1.807) is 0 Å². The highest BCUT2D eigenvalue weighted by Gasteiger charge is 2.48. The van der Waals surface area contributed by atoms with E-state index in [1.165, 1.54) is 5.56 Å². The van der Waals surface area contributed by atoms with E-state index in [9.17, 15) is 4.79 Å². The molecule has 1 aliphatic carbocycles. The molecule has 0 atom stereocenters. The molecule has 3 N–H and O–H groups in total. The minimum atomic E-state index is -0.104. The van der Waals surface area contributed by atoms with E-state index in [2.05, 4.69) is 15.6 Å². The third-order valence-electron chi connectivity index (χ3n) is 3.21. The summed E-state index contributed by atoms with van der Waals surface area (Å²) in [5.74, 6) is 0.206. The number of amides is 1. The van der Waals surface area contributed by atoms with Crippen molar-refractivity contribution in [2.24, 2.45) is 5.41 Å². The van der Waals surface area contributed by atoms with Crippen molar-refractivity contribution in [2.75, 3.05) is 20.1 Å². The minimum Gasteiger partial charge on any atom is -0.367 e. The van der Waals surface area contributed by atoms with Gasteiger partial charge in [-0.1, -0.05) is 0 Å². The molecule has 1 aliphatic rings. The molecule has 1 saturated carbocycles. The Kier molecular flexibility index (Phi) is 3.29. The molecular weight excluding hydrogens is 202 g/mol. The van der Waals surface area contributed by atoms with Crippen molar-refractivity contribution in [2.45, 2.75) is 19.3 Å². The summed E-state index contributed by atoms with van der Waals surface area (Å²) in [6.45, 7) is 1.52. The number of hydrogen-bond acceptors (Lipinski definition) is 2. The molecule has 1 aromatic rings. The van der Waals surface area contributed by atoms with Crippen LogP contribution in [0.5, 0.6) is 0 Å². The Morgan fingerprint density at radius 3 is 2.94 bits per heavy atom. The van der Waals surface area contributed by atoms with Crippen LogP contribution in [0.4, 0.5) is 0 Å². The fourth-order valence-corrected chi connectivity index (χ4v) is 2.00. The molecule has 1 heterocycles. The van der Waals surface area contributed by atoms with Crippen molar-refractivity contribution in [3.05, 3.63) is 24.0 Å². The summed E-state index contributed by atoms with van der Waals surface area (Å²) in [5.41, 5.74) is 1.13. The fraction of sp³-hybridized carbons (Fsp3) is 0.583. The maximum Gasteiger partial charge on any atom is 0.227 e. The first-order valence-electron chi connectivity index (χ1n) is 5.81. The number of carbonyl (C=O) groups excluding carboxylic acids is 1. The summed E-state index contributed by atoms with van der Waals surface area (Å²) in [6, 6.07) is 2.03. The van der Waals surface area contributed by atoms with Gasteiger partial charge in [-0.05, 0) is 37.9 Å². The third-order valence-corrected chi connectivity index (χ3v) is 3.21. The van der Waals surface area contributed by atoms with Crippen LogP contribution in [0, 0.1) is 5.41 Å². The van der Waals surface area contributed by atoms with Crippen molar-refractivity contribution in [1.29, 1.82) is 0 Å². The first-order valence-corrected chi connectivity index (χ1v) is 5.81. The molecule has 2 rings (SSSR count). The predicted octanol–water partition coefficient (Wildman–Crippen LogP) is 0.673. The van der Waals surface area contributed by atoms with Gasteiger partial charge in [0, 0.05) is 25.5 Å². The van der Waals surface area contributed by atoms with E-state index in [0.29, 0.717) is 0 Å². The second kappa shape index (κ2) is 4.70. The van der Waals surface area contributed by atoms with Gasteiger partial charge in [0.1, 0.15) is 0 Å². The van der Waals surface area contributed by atoms with Crippen molar-refractivity contribution in [3.63, 3.8) is 0 Å². The standard InChI is InChI=1S/C12H19N3O/c1-13-9-12(4-5-12)11(16)15-7-3-10-2-6-14-8-10/h2,6,8,13-14H,3-5,7,9H2,1H3,(H,15,16). The van der Waals surface area contributed by atoms with Crippen LogP contribution in [0.15, 0.2) is 18.5 Å². The number of nitrogens with one attached hydrogen (secondary N) is 3. The molecule has 0 radical (unpaired) electrons. The van der Waals surface area contributed by atoms with Crippen molar-refractivity contribution >= 4 is 5.91 Å². The summed E-state index contributed by atoms with van der Waals surface area (Å²) in [6.07, 6.45) is 6.80. The molecule has 4 heteroatoms. The molecule has 4 nitrogen and oxygen atoms in total. The van der Waals surface area contributed by atoms with Gasteiger partial charge in [0.05, 0.1) is 5.41 Å². The first kappa shape index (κ1) is 11.2. The normalized spacial score (nSPS) is 17.1. The fourth-order valence-electron chi connectivity index (χ4n) is 2.00. The largest absolute Gasteiger partial charge is 0.367 e. The van der Waals surface area contributed by atoms with Gasteiger partial charge in [0.2, 0.25) is 5.91 Å². The van der Waals surface area contributed by atoms with Crippen LogP contribution in [0.25, 0.3) is 0 Å². The molecule has 1 amide bonds. The van der Waals surface area contributed by atoms with E-state index in [-0.39, 0.29) is 11.3 Å². The summed E-state index contributed by atoms with van der Waals surface area (Å²) in [4.78, 5) is 14.9. The summed E-state index contributed by atoms with van der Waals surface area (Å²) < 4.78 is 0. The van der Waals surface area contributed by atoms with E-state index < -0.39 is 0 Å². The average molecular weight is 221 g/mol. The lowest BCUT2D eigenvalue weighted by Crippen LogP contribution is -2.38. The lowest BCUT2D eigenvalue weighted by atomic mass is 10.1. The SMILES string of the molecule is CNCC1(C(=O)NCCc2cc[nH]c2)CC1. The van der Waals surface area contributed by atoms with Crippen molar-refractivity contribution in [3.8, 4) is 0 Å². The predicted molar refractivity (Wildman–Crippen MR) is 63.1 cm³/mol. The maximum atomic E-state index is 11.9. The van der Waals surface area contributed by atoms with Gasteiger partial charge < -0.3 is 15.6 Å². The summed E-state index contributed by atoms with van der Waals surface area (Å²) in [5, 5.41) is 6.11. The van der Waals surface area contributed by atoms with E-state index >= 15 is 0 Å². The highest BCUT2D eigenvalue weighted by atomic mass is 16.2. The highest BCUT2D eigenvalue weighted by molar-refractivity contribution is 5.85. The van der Waals surface area contributed by atoms with Crippen LogP contribution < -0.4 is 10.6 Å². The van der Waals surface area contributed by atoms with E-state index in [0.717, 1.165) is 32.4 Å². The Bertz CT molecular complexity index is 341. The molecule has 0 saturated heterocycles. The van der Waals surface area contributed by atoms with Crippen molar-refractivity contribution < 1.29 is 4.79 Å². The number of H-pyrrole nitrogens is 1. The Hall–Kier alpha value is -1.29. The molecule has 0 bridgehead atoms. The summed E-state index contributed by atoms with van der Waals surface area (Å²) >= 11 is 0. The highest BCUT2D eigenvalue weighted by Crippen LogP contribution is 2.45. The second-order valence-corrected chi connectivity index (χ2v) is 4.54. The Morgan fingerprint density at radius 1 is 1.56 bits per heavy atom. The number of carbonyl (C=O) groups is 1. The molecule has 16 heavy (non-hydrogen) atoms. The van der Waals surface area contributed by atoms with Gasteiger partial charge in [-0.15, -0.1) is 0 Å². The van der Waals surface area contributed by atoms with Gasteiger partial charge in [-0.2, -0.15) is 0 Å². The van der Waals surface area contributed by atoms with Crippen LogP contribution in [0.2, 0.25) is 0 Å². The zero-order valence-corrected chi connectivity index (χ0v) is 9.68. The van der Waals surface area contributed by atoms with Gasteiger partial charge in [0.15, 0.2) is 0 Å². The Morgan fingerprint density at radius 2 is 2.38 bits per heavy atom. The molecule has 0 spiro atoms. The van der Waals surface area contributed by atoms with Gasteiger partial charge in [-0.3, -0.25) is 4.79 Å². The minimum absolute atomic E-state index is 0.104. The number of aromatic nitrogens is 1. The van der Waals surface area contributed by atoms with Crippen LogP contribution in [0.3, 0.4) is 0 Å². The third kappa shape index (κ3) is 2.44. The lowest BCUT2D eigenvalue weighted by molar-refractivity contribution is -0.126. The zero-order chi connectivity index (χ0) is 11.4. The first-order chi connectivity index (χ1) is 7.77. The topological polar surface area (TPSA) is 56.9 Å². The van der Waals surface area contributed by atoms with Gasteiger partial charge >= 0.3 is 0 Å². The number of aromatic amines is 1. The molecule has 88 valence electrons. The van der Waals surface area contributed by atoms with E-state index in [4.69, 9.17) is 0 Å². The summed E-state index contributed by atoms with van der Waals surface area (Å²) in [7, 11) is 1.90. The zero-order valence-electron chi connectivity index (χ0n) is 9.68. The molecule has 1 aromatic heterocycles. The molecule has 0 aromatic carbocycles. The van der Waals surface area contributed by atoms with E-state index in [1.807, 2.05) is 25.5 Å². The van der Waals surface area contributed by atoms with Crippen LogP contribution in [0.1, 0.15) is 18.4 Å². The molecule has 0 aliphatic heterocycles. The monoisotopic (exact) mass is 221 g/mol. The molecule has 0 unspecified atom stereocenters. The van der Waals surface area contributed by atoms with Gasteiger partial charge in [-0.25, -0.2) is 0 Å². The second-order valence-electron chi connectivity index (χ2n) is 4.54. The Balaban J connectivity index is 1.72. The quantitative estimate of drug-likeness (QED) is 0.661. The van der Waals surface area contributed by atoms with Gasteiger partial charge in [0.25, 0.3) is 0 Å². The average Bonchev–Trinajstić information content (AvgIpc) is 2.88. The van der Waals surface area contributed by atoms with Crippen LogP contribution in [-0.2, 0) is 11.2 Å². The van der Waals surface area contributed by atoms with Crippen LogP contribution in [-0.4, -0.2) is 31.0 Å². The van der Waals surface area contributed by atoms with Crippen LogP contribution >= 0.6 is 0 Å². The number of rotatable bonds is 6. The Labute approximate surface area is 95.8 Å². The molecule has 1 fully saturated rings. The smallest absolute Gasteiger partial charge is 0.227 e. The van der Waals surface area contributed by atoms with Crippen molar-refractivity contribution in [1.82, 2.24) is 15.6 Å². The maximum absolute atomic E-state index is 11.9. The number of hydrogen-bond donors (Lipinski definition) is 3. The molecular formula is C12H19N3O.